The van der Waals surface area contributed by atoms with Crippen molar-refractivity contribution in [3.05, 3.63) is 77.6 Å². The van der Waals surface area contributed by atoms with E-state index in [1.807, 2.05) is 36.4 Å². The monoisotopic (exact) mass is 251 g/mol. The van der Waals surface area contributed by atoms with Crippen molar-refractivity contribution in [2.45, 2.75) is 6.42 Å². The number of benzene rings is 2. The van der Waals surface area contributed by atoms with Crippen LogP contribution < -0.4 is 0 Å². The van der Waals surface area contributed by atoms with Gasteiger partial charge in [0.05, 0.1) is 5.71 Å². The van der Waals surface area contributed by atoms with Crippen LogP contribution in [0.4, 0.5) is 4.39 Å². The summed E-state index contributed by atoms with van der Waals surface area (Å²) in [5, 5.41) is 0. The average Bonchev–Trinajstić information content (AvgIpc) is 2.48. The largest absolute Gasteiger partial charge is 0.284 e. The lowest BCUT2D eigenvalue weighted by Gasteiger charge is -2.14. The number of rotatable bonds is 2. The maximum Gasteiger partial charge on any atom is 0.123 e. The standard InChI is InChI=1S/C17H14FN/c18-16-8-4-7-14(11-16)15-9-10-19-17(12-15)13-5-2-1-3-6-13/h1-8,11-12H,9-10H2. The van der Waals surface area contributed by atoms with Crippen molar-refractivity contribution in [2.24, 2.45) is 4.99 Å². The van der Waals surface area contributed by atoms with Gasteiger partial charge in [0.1, 0.15) is 5.82 Å². The van der Waals surface area contributed by atoms with Crippen LogP contribution in [0.2, 0.25) is 0 Å². The number of aliphatic imine (C=N–C) groups is 1. The first-order chi connectivity index (χ1) is 9.33. The van der Waals surface area contributed by atoms with Crippen LogP contribution in [0.1, 0.15) is 17.5 Å². The number of hydrogen-bond donors (Lipinski definition) is 0. The molecule has 19 heavy (non-hydrogen) atoms. The van der Waals surface area contributed by atoms with Gasteiger partial charge < -0.3 is 0 Å². The summed E-state index contributed by atoms with van der Waals surface area (Å²) < 4.78 is 13.3. The van der Waals surface area contributed by atoms with Crippen LogP contribution in [0.15, 0.2) is 65.7 Å². The molecule has 2 aromatic carbocycles. The van der Waals surface area contributed by atoms with Crippen LogP contribution in [0.25, 0.3) is 5.57 Å². The molecule has 2 heteroatoms. The number of hydrogen-bond acceptors (Lipinski definition) is 1. The number of nitrogens with zero attached hydrogens (tertiary/aromatic N) is 1. The van der Waals surface area contributed by atoms with Crippen molar-refractivity contribution in [3.8, 4) is 0 Å². The molecule has 1 aliphatic heterocycles. The molecule has 2 aromatic rings. The van der Waals surface area contributed by atoms with Gasteiger partial charge in [-0.05, 0) is 41.3 Å². The molecule has 0 aromatic heterocycles. The normalized spacial score (nSPS) is 14.8. The summed E-state index contributed by atoms with van der Waals surface area (Å²) in [7, 11) is 0. The fraction of sp³-hybridized carbons (Fsp3) is 0.118. The van der Waals surface area contributed by atoms with E-state index in [0.717, 1.165) is 35.4 Å². The average molecular weight is 251 g/mol. The molecule has 3 rings (SSSR count). The van der Waals surface area contributed by atoms with Gasteiger partial charge in [0.2, 0.25) is 0 Å². The molecule has 1 aliphatic rings. The minimum Gasteiger partial charge on any atom is -0.284 e. The first-order valence-corrected chi connectivity index (χ1v) is 6.39. The Hall–Kier alpha value is -2.22. The highest BCUT2D eigenvalue weighted by Gasteiger charge is 2.10. The van der Waals surface area contributed by atoms with Gasteiger partial charge in [-0.15, -0.1) is 0 Å². The zero-order chi connectivity index (χ0) is 13.1. The molecule has 0 saturated carbocycles. The highest BCUT2D eigenvalue weighted by Crippen LogP contribution is 2.23. The molecule has 0 saturated heterocycles. The lowest BCUT2D eigenvalue weighted by atomic mass is 9.96. The van der Waals surface area contributed by atoms with Crippen molar-refractivity contribution >= 4 is 11.3 Å². The molecular formula is C17H14FN. The minimum atomic E-state index is -0.192. The van der Waals surface area contributed by atoms with Gasteiger partial charge in [-0.25, -0.2) is 4.39 Å². The zero-order valence-electron chi connectivity index (χ0n) is 10.5. The van der Waals surface area contributed by atoms with Crippen LogP contribution in [-0.4, -0.2) is 12.3 Å². The fourth-order valence-electron chi connectivity index (χ4n) is 2.28. The Balaban J connectivity index is 1.96. The summed E-state index contributed by atoms with van der Waals surface area (Å²) in [5.74, 6) is -0.192. The van der Waals surface area contributed by atoms with E-state index in [0.29, 0.717) is 0 Å². The second-order valence-corrected chi connectivity index (χ2v) is 4.56. The van der Waals surface area contributed by atoms with Crippen molar-refractivity contribution in [3.63, 3.8) is 0 Å². The lowest BCUT2D eigenvalue weighted by molar-refractivity contribution is 0.627. The number of halogens is 1. The van der Waals surface area contributed by atoms with E-state index in [-0.39, 0.29) is 5.82 Å². The Bertz CT molecular complexity index is 641. The first kappa shape index (κ1) is 11.8. The third kappa shape index (κ3) is 2.63. The van der Waals surface area contributed by atoms with Crippen molar-refractivity contribution < 1.29 is 4.39 Å². The predicted molar refractivity (Wildman–Crippen MR) is 76.8 cm³/mol. The van der Waals surface area contributed by atoms with Gasteiger partial charge >= 0.3 is 0 Å². The molecule has 0 atom stereocenters. The Morgan fingerprint density at radius 2 is 1.68 bits per heavy atom. The Kier molecular flexibility index (Phi) is 3.23. The van der Waals surface area contributed by atoms with E-state index >= 15 is 0 Å². The van der Waals surface area contributed by atoms with E-state index < -0.39 is 0 Å². The SMILES string of the molecule is Fc1cccc(C2=CC(c3ccccc3)=NCC2)c1. The Morgan fingerprint density at radius 3 is 2.47 bits per heavy atom. The summed E-state index contributed by atoms with van der Waals surface area (Å²) in [6.45, 7) is 0.757. The highest BCUT2D eigenvalue weighted by molar-refractivity contribution is 6.13. The van der Waals surface area contributed by atoms with E-state index in [9.17, 15) is 4.39 Å². The molecular weight excluding hydrogens is 237 g/mol. The fourth-order valence-corrected chi connectivity index (χ4v) is 2.28. The Labute approximate surface area is 112 Å². The van der Waals surface area contributed by atoms with Crippen LogP contribution >= 0.6 is 0 Å². The molecule has 94 valence electrons. The van der Waals surface area contributed by atoms with Crippen molar-refractivity contribution in [1.82, 2.24) is 0 Å². The molecule has 0 bridgehead atoms. The quantitative estimate of drug-likeness (QED) is 0.762. The lowest BCUT2D eigenvalue weighted by Crippen LogP contribution is -2.06. The summed E-state index contributed by atoms with van der Waals surface area (Å²) in [6.07, 6.45) is 2.92. The van der Waals surface area contributed by atoms with E-state index in [2.05, 4.69) is 11.1 Å². The summed E-state index contributed by atoms with van der Waals surface area (Å²) in [5.41, 5.74) is 4.18. The molecule has 1 heterocycles. The van der Waals surface area contributed by atoms with Crippen LogP contribution in [0, 0.1) is 5.82 Å². The predicted octanol–water partition coefficient (Wildman–Crippen LogP) is 4.10. The van der Waals surface area contributed by atoms with Gasteiger partial charge in [0.25, 0.3) is 0 Å². The van der Waals surface area contributed by atoms with Gasteiger partial charge in [-0.2, -0.15) is 0 Å². The summed E-state index contributed by atoms with van der Waals surface area (Å²) in [6, 6.07) is 16.8. The maximum absolute atomic E-state index is 13.3. The smallest absolute Gasteiger partial charge is 0.123 e. The second kappa shape index (κ2) is 5.19. The van der Waals surface area contributed by atoms with Gasteiger partial charge in [0.15, 0.2) is 0 Å². The summed E-state index contributed by atoms with van der Waals surface area (Å²) in [4.78, 5) is 4.54. The first-order valence-electron chi connectivity index (χ1n) is 6.39. The molecule has 1 nitrogen and oxygen atoms in total. The second-order valence-electron chi connectivity index (χ2n) is 4.56. The van der Waals surface area contributed by atoms with Crippen molar-refractivity contribution in [1.29, 1.82) is 0 Å². The maximum atomic E-state index is 13.3. The van der Waals surface area contributed by atoms with Crippen LogP contribution in [0.5, 0.6) is 0 Å². The molecule has 0 N–H and O–H groups in total. The van der Waals surface area contributed by atoms with E-state index in [1.165, 1.54) is 6.07 Å². The van der Waals surface area contributed by atoms with Gasteiger partial charge in [-0.1, -0.05) is 42.5 Å². The molecule has 0 radical (unpaired) electrons. The molecule has 0 spiro atoms. The zero-order valence-corrected chi connectivity index (χ0v) is 10.5. The summed E-state index contributed by atoms with van der Waals surface area (Å²) >= 11 is 0. The van der Waals surface area contributed by atoms with Crippen molar-refractivity contribution in [2.75, 3.05) is 6.54 Å². The van der Waals surface area contributed by atoms with E-state index in [1.54, 1.807) is 12.1 Å². The highest BCUT2D eigenvalue weighted by atomic mass is 19.1. The molecule has 0 unspecified atom stereocenters. The third-order valence-electron chi connectivity index (χ3n) is 3.24. The number of allylic oxidation sites excluding steroid dienone is 1. The Morgan fingerprint density at radius 1 is 0.895 bits per heavy atom. The molecule has 0 aliphatic carbocycles. The topological polar surface area (TPSA) is 12.4 Å². The third-order valence-corrected chi connectivity index (χ3v) is 3.24. The van der Waals surface area contributed by atoms with Crippen LogP contribution in [-0.2, 0) is 0 Å². The van der Waals surface area contributed by atoms with Gasteiger partial charge in [0, 0.05) is 6.54 Å². The number of dihydropyridines is 1. The molecule has 0 amide bonds. The minimum absolute atomic E-state index is 0.192. The van der Waals surface area contributed by atoms with E-state index in [4.69, 9.17) is 0 Å². The van der Waals surface area contributed by atoms with Crippen LogP contribution in [0.3, 0.4) is 0 Å². The molecule has 0 fully saturated rings. The van der Waals surface area contributed by atoms with Gasteiger partial charge in [-0.3, -0.25) is 4.99 Å².